The summed E-state index contributed by atoms with van der Waals surface area (Å²) in [6, 6.07) is 18.5. The number of halogens is 1. The molecule has 0 aromatic heterocycles. The second-order valence-corrected chi connectivity index (χ2v) is 3.84. The van der Waals surface area contributed by atoms with Crippen molar-refractivity contribution < 1.29 is 4.74 Å². The first kappa shape index (κ1) is 14.6. The summed E-state index contributed by atoms with van der Waals surface area (Å²) in [6.07, 6.45) is 0. The van der Waals surface area contributed by atoms with E-state index in [2.05, 4.69) is 29.6 Å². The van der Waals surface area contributed by atoms with Gasteiger partial charge < -0.3 is 10.1 Å². The quantitative estimate of drug-likeness (QED) is 0.835. The van der Waals surface area contributed by atoms with Crippen LogP contribution in [-0.4, -0.2) is 20.2 Å². The van der Waals surface area contributed by atoms with Crippen molar-refractivity contribution in [2.75, 3.05) is 20.2 Å². The number of ether oxygens (including phenoxy) is 1. The van der Waals surface area contributed by atoms with E-state index in [9.17, 15) is 0 Å². The van der Waals surface area contributed by atoms with E-state index in [-0.39, 0.29) is 12.4 Å². The van der Waals surface area contributed by atoms with Crippen LogP contribution in [0, 0.1) is 0 Å². The molecule has 2 aromatic rings. The van der Waals surface area contributed by atoms with Crippen LogP contribution >= 0.6 is 12.4 Å². The molecule has 1 N–H and O–H groups in total. The van der Waals surface area contributed by atoms with E-state index >= 15 is 0 Å². The third-order valence-corrected chi connectivity index (χ3v) is 2.58. The predicted octanol–water partition coefficient (Wildman–Crippen LogP) is 3.37. The Morgan fingerprint density at radius 3 is 2.11 bits per heavy atom. The SMILES string of the molecule is CNCCOc1ccc(-c2ccccc2)cc1.Cl. The molecule has 96 valence electrons. The Labute approximate surface area is 114 Å². The lowest BCUT2D eigenvalue weighted by Gasteiger charge is -2.07. The molecule has 0 saturated carbocycles. The number of hydrogen-bond acceptors (Lipinski definition) is 2. The molecule has 0 bridgehead atoms. The third kappa shape index (κ3) is 4.06. The molecule has 0 saturated heterocycles. The fourth-order valence-corrected chi connectivity index (χ4v) is 1.65. The van der Waals surface area contributed by atoms with Crippen molar-refractivity contribution in [3.8, 4) is 16.9 Å². The van der Waals surface area contributed by atoms with Crippen LogP contribution in [0.5, 0.6) is 5.75 Å². The first-order valence-electron chi connectivity index (χ1n) is 5.83. The van der Waals surface area contributed by atoms with Crippen LogP contribution in [0.25, 0.3) is 11.1 Å². The molecule has 0 radical (unpaired) electrons. The van der Waals surface area contributed by atoms with E-state index in [0.29, 0.717) is 6.61 Å². The Hall–Kier alpha value is -1.51. The molecule has 0 spiro atoms. The summed E-state index contributed by atoms with van der Waals surface area (Å²) in [5.41, 5.74) is 2.45. The standard InChI is InChI=1S/C15H17NO.ClH/c1-16-11-12-17-15-9-7-14(8-10-15)13-5-3-2-4-6-13;/h2-10,16H,11-12H2,1H3;1H. The molecule has 0 aliphatic carbocycles. The van der Waals surface area contributed by atoms with Crippen LogP contribution in [0.2, 0.25) is 0 Å². The minimum absolute atomic E-state index is 0. The van der Waals surface area contributed by atoms with Crippen molar-refractivity contribution in [1.82, 2.24) is 5.32 Å². The lowest BCUT2D eigenvalue weighted by atomic mass is 10.1. The highest BCUT2D eigenvalue weighted by molar-refractivity contribution is 5.85. The molecule has 2 rings (SSSR count). The maximum absolute atomic E-state index is 5.57. The van der Waals surface area contributed by atoms with Crippen LogP contribution in [0.1, 0.15) is 0 Å². The van der Waals surface area contributed by atoms with Gasteiger partial charge in [0.1, 0.15) is 12.4 Å². The molecule has 0 unspecified atom stereocenters. The van der Waals surface area contributed by atoms with Crippen LogP contribution in [0.15, 0.2) is 54.6 Å². The van der Waals surface area contributed by atoms with Crippen molar-refractivity contribution in [2.24, 2.45) is 0 Å². The topological polar surface area (TPSA) is 21.3 Å². The van der Waals surface area contributed by atoms with E-state index in [1.54, 1.807) is 0 Å². The highest BCUT2D eigenvalue weighted by Gasteiger charge is 1.97. The zero-order valence-electron chi connectivity index (χ0n) is 10.4. The number of rotatable bonds is 5. The Bertz CT molecular complexity index is 442. The van der Waals surface area contributed by atoms with Crippen molar-refractivity contribution in [1.29, 1.82) is 0 Å². The van der Waals surface area contributed by atoms with Gasteiger partial charge in [-0.25, -0.2) is 0 Å². The Morgan fingerprint density at radius 1 is 0.889 bits per heavy atom. The predicted molar refractivity (Wildman–Crippen MR) is 78.5 cm³/mol. The Kier molecular flexibility index (Phi) is 6.26. The van der Waals surface area contributed by atoms with Gasteiger partial charge in [0.05, 0.1) is 0 Å². The summed E-state index contributed by atoms with van der Waals surface area (Å²) < 4.78 is 5.57. The summed E-state index contributed by atoms with van der Waals surface area (Å²) in [4.78, 5) is 0. The Morgan fingerprint density at radius 2 is 1.50 bits per heavy atom. The molecule has 0 heterocycles. The van der Waals surface area contributed by atoms with Gasteiger partial charge >= 0.3 is 0 Å². The largest absolute Gasteiger partial charge is 0.492 e. The summed E-state index contributed by atoms with van der Waals surface area (Å²) >= 11 is 0. The fraction of sp³-hybridized carbons (Fsp3) is 0.200. The van der Waals surface area contributed by atoms with Gasteiger partial charge in [-0.15, -0.1) is 12.4 Å². The van der Waals surface area contributed by atoms with E-state index in [1.165, 1.54) is 11.1 Å². The number of likely N-dealkylation sites (N-methyl/N-ethyl adjacent to an activating group) is 1. The normalized spacial score (nSPS) is 9.61. The van der Waals surface area contributed by atoms with E-state index in [4.69, 9.17) is 4.74 Å². The zero-order valence-corrected chi connectivity index (χ0v) is 11.2. The molecule has 0 fully saturated rings. The van der Waals surface area contributed by atoms with Gasteiger partial charge in [0.25, 0.3) is 0 Å². The second-order valence-electron chi connectivity index (χ2n) is 3.84. The van der Waals surface area contributed by atoms with E-state index < -0.39 is 0 Å². The van der Waals surface area contributed by atoms with Crippen LogP contribution in [0.3, 0.4) is 0 Å². The molecule has 18 heavy (non-hydrogen) atoms. The molecular weight excluding hydrogens is 246 g/mol. The van der Waals surface area contributed by atoms with Crippen LogP contribution < -0.4 is 10.1 Å². The molecular formula is C15H18ClNO. The first-order valence-corrected chi connectivity index (χ1v) is 5.83. The first-order chi connectivity index (χ1) is 8.40. The fourth-order valence-electron chi connectivity index (χ4n) is 1.65. The maximum Gasteiger partial charge on any atom is 0.119 e. The lowest BCUT2D eigenvalue weighted by molar-refractivity contribution is 0.318. The second kappa shape index (κ2) is 7.75. The average Bonchev–Trinajstić information content (AvgIpc) is 2.41. The maximum atomic E-state index is 5.57. The van der Waals surface area contributed by atoms with E-state index in [1.807, 2.05) is 37.4 Å². The van der Waals surface area contributed by atoms with Crippen molar-refractivity contribution in [3.05, 3.63) is 54.6 Å². The highest BCUT2D eigenvalue weighted by atomic mass is 35.5. The van der Waals surface area contributed by atoms with Crippen LogP contribution in [0.4, 0.5) is 0 Å². The van der Waals surface area contributed by atoms with E-state index in [0.717, 1.165) is 12.3 Å². The molecule has 0 aliphatic heterocycles. The Balaban J connectivity index is 0.00000162. The average molecular weight is 264 g/mol. The van der Waals surface area contributed by atoms with Crippen molar-refractivity contribution >= 4 is 12.4 Å². The van der Waals surface area contributed by atoms with Gasteiger partial charge in [0, 0.05) is 6.54 Å². The van der Waals surface area contributed by atoms with Gasteiger partial charge in [-0.1, -0.05) is 42.5 Å². The lowest BCUT2D eigenvalue weighted by Crippen LogP contribution is -2.15. The molecule has 2 aromatic carbocycles. The highest BCUT2D eigenvalue weighted by Crippen LogP contribution is 2.21. The smallest absolute Gasteiger partial charge is 0.119 e. The molecule has 0 amide bonds. The summed E-state index contributed by atoms with van der Waals surface area (Å²) in [5, 5.41) is 3.05. The van der Waals surface area contributed by atoms with Gasteiger partial charge in [-0.3, -0.25) is 0 Å². The third-order valence-electron chi connectivity index (χ3n) is 2.58. The number of benzene rings is 2. The zero-order chi connectivity index (χ0) is 11.9. The van der Waals surface area contributed by atoms with Gasteiger partial charge in [-0.05, 0) is 30.3 Å². The monoisotopic (exact) mass is 263 g/mol. The van der Waals surface area contributed by atoms with Crippen molar-refractivity contribution in [3.63, 3.8) is 0 Å². The molecule has 2 nitrogen and oxygen atoms in total. The van der Waals surface area contributed by atoms with Crippen molar-refractivity contribution in [2.45, 2.75) is 0 Å². The molecule has 0 atom stereocenters. The number of hydrogen-bond donors (Lipinski definition) is 1. The minimum atomic E-state index is 0. The van der Waals surface area contributed by atoms with Gasteiger partial charge in [-0.2, -0.15) is 0 Å². The molecule has 0 aliphatic rings. The minimum Gasteiger partial charge on any atom is -0.492 e. The van der Waals surface area contributed by atoms with Gasteiger partial charge in [0.2, 0.25) is 0 Å². The van der Waals surface area contributed by atoms with Crippen LogP contribution in [-0.2, 0) is 0 Å². The summed E-state index contributed by atoms with van der Waals surface area (Å²) in [6.45, 7) is 1.56. The number of nitrogens with one attached hydrogen (secondary N) is 1. The summed E-state index contributed by atoms with van der Waals surface area (Å²) in [7, 11) is 1.92. The van der Waals surface area contributed by atoms with Gasteiger partial charge in [0.15, 0.2) is 0 Å². The summed E-state index contributed by atoms with van der Waals surface area (Å²) in [5.74, 6) is 0.917. The molecule has 3 heteroatoms.